The summed E-state index contributed by atoms with van der Waals surface area (Å²) in [6, 6.07) is -0.0656. The molecule has 1 aliphatic carbocycles. The molecule has 3 heterocycles. The van der Waals surface area contributed by atoms with Crippen molar-refractivity contribution in [2.45, 2.75) is 70.8 Å². The van der Waals surface area contributed by atoms with E-state index in [4.69, 9.17) is 19.9 Å². The number of hydrogen-bond donors (Lipinski definition) is 3. The van der Waals surface area contributed by atoms with E-state index >= 15 is 4.39 Å². The second kappa shape index (κ2) is 13.5. The van der Waals surface area contributed by atoms with Gasteiger partial charge >= 0.3 is 12.2 Å². The SMILES string of the molecule is COCCN(C)CC1(COc2nc3c4c(nc(-c5cc(N)c(F)c(C)c5C(F)(F)F)c(F)c4n2)OC(C)CC(C)NC(C)CN3)CC1(F)F. The number of rotatable bonds is 9. The van der Waals surface area contributed by atoms with E-state index in [0.29, 0.717) is 25.6 Å². The number of hydrogen-bond acceptors (Lipinski definition) is 10. The van der Waals surface area contributed by atoms with Crippen molar-refractivity contribution in [2.24, 2.45) is 5.41 Å². The summed E-state index contributed by atoms with van der Waals surface area (Å²) in [6.45, 7) is 6.77. The zero-order valence-electron chi connectivity index (χ0n) is 28.0. The quantitative estimate of drug-likeness (QED) is 0.186. The second-order valence-corrected chi connectivity index (χ2v) is 13.2. The predicted molar refractivity (Wildman–Crippen MR) is 169 cm³/mol. The van der Waals surface area contributed by atoms with Crippen LogP contribution in [0.5, 0.6) is 11.9 Å². The second-order valence-electron chi connectivity index (χ2n) is 13.2. The molecule has 1 saturated carbocycles. The predicted octanol–water partition coefficient (Wildman–Crippen LogP) is 5.81. The lowest BCUT2D eigenvalue weighted by Crippen LogP contribution is -2.40. The van der Waals surface area contributed by atoms with Crippen LogP contribution >= 0.6 is 0 Å². The van der Waals surface area contributed by atoms with Gasteiger partial charge in [0.25, 0.3) is 5.92 Å². The summed E-state index contributed by atoms with van der Waals surface area (Å²) in [5.41, 5.74) is -1.08. The molecule has 2 aromatic heterocycles. The van der Waals surface area contributed by atoms with Crippen LogP contribution in [0.25, 0.3) is 22.2 Å². The molecule has 10 nitrogen and oxygen atoms in total. The first-order valence-electron chi connectivity index (χ1n) is 15.8. The van der Waals surface area contributed by atoms with Crippen molar-refractivity contribution < 1.29 is 44.9 Å². The Morgan fingerprint density at radius 2 is 1.80 bits per heavy atom. The Bertz CT molecular complexity index is 1710. The van der Waals surface area contributed by atoms with Crippen molar-refractivity contribution in [2.75, 3.05) is 58.1 Å². The van der Waals surface area contributed by atoms with E-state index in [1.807, 2.05) is 13.8 Å². The number of alkyl halides is 5. The highest BCUT2D eigenvalue weighted by atomic mass is 19.4. The van der Waals surface area contributed by atoms with Gasteiger partial charge in [0.15, 0.2) is 5.82 Å². The molecule has 4 N–H and O–H groups in total. The zero-order chi connectivity index (χ0) is 36.1. The molecular formula is C32H40F7N7O3. The van der Waals surface area contributed by atoms with Crippen LogP contribution in [-0.4, -0.2) is 91.0 Å². The fourth-order valence-electron chi connectivity index (χ4n) is 6.35. The third-order valence-electron chi connectivity index (χ3n) is 8.88. The van der Waals surface area contributed by atoms with Gasteiger partial charge < -0.3 is 35.5 Å². The lowest BCUT2D eigenvalue weighted by molar-refractivity contribution is -0.137. The molecule has 1 fully saturated rings. The van der Waals surface area contributed by atoms with Gasteiger partial charge in [-0.05, 0) is 52.8 Å². The normalized spacial score (nSPS) is 23.9. The fourth-order valence-corrected chi connectivity index (χ4v) is 6.35. The zero-order valence-corrected chi connectivity index (χ0v) is 28.0. The molecule has 4 atom stereocenters. The van der Waals surface area contributed by atoms with E-state index in [1.165, 1.54) is 7.11 Å². The van der Waals surface area contributed by atoms with Gasteiger partial charge in [-0.1, -0.05) is 0 Å². The topological polar surface area (TPSA) is 120 Å². The van der Waals surface area contributed by atoms with Crippen LogP contribution in [0.1, 0.15) is 44.7 Å². The molecule has 3 aromatic rings. The molecule has 1 aliphatic heterocycles. The molecule has 5 rings (SSSR count). The van der Waals surface area contributed by atoms with Crippen LogP contribution in [-0.2, 0) is 10.9 Å². The largest absolute Gasteiger partial charge is 0.474 e. The standard InChI is InChI=1S/C32H40F7N7O3/c1-15-9-17(3)49-28-21-26(24(34)25(43-28)19-10-20(40)23(33)18(4)22(19)32(37,38)39)44-29(45-27(21)41-11-16(2)42-15)48-14-30(12-31(30,35)36)13-46(5)7-8-47-6/h10,15-17,42H,7-9,11-14,40H2,1-6H3,(H,41,44,45). The molecule has 1 aromatic carbocycles. The third-order valence-corrected chi connectivity index (χ3v) is 8.88. The number of ether oxygens (including phenoxy) is 3. The first kappa shape index (κ1) is 36.6. The number of methoxy groups -OCH3 is 1. The lowest BCUT2D eigenvalue weighted by atomic mass is 9.96. The van der Waals surface area contributed by atoms with Crippen LogP contribution in [0.4, 0.5) is 42.2 Å². The summed E-state index contributed by atoms with van der Waals surface area (Å²) in [7, 11) is 3.16. The summed E-state index contributed by atoms with van der Waals surface area (Å²) in [6.07, 6.45) is -5.75. The Morgan fingerprint density at radius 3 is 2.43 bits per heavy atom. The molecule has 49 heavy (non-hydrogen) atoms. The van der Waals surface area contributed by atoms with Crippen LogP contribution in [0.3, 0.4) is 0 Å². The number of anilines is 2. The summed E-state index contributed by atoms with van der Waals surface area (Å²) in [4.78, 5) is 14.5. The lowest BCUT2D eigenvalue weighted by Gasteiger charge is -2.24. The molecular weight excluding hydrogens is 663 g/mol. The number of nitrogens with two attached hydrogens (primary N) is 1. The molecule has 4 unspecified atom stereocenters. The van der Waals surface area contributed by atoms with Gasteiger partial charge in [0.2, 0.25) is 5.88 Å². The summed E-state index contributed by atoms with van der Waals surface area (Å²) < 4.78 is 121. The summed E-state index contributed by atoms with van der Waals surface area (Å²) in [5, 5.41) is 6.36. The highest BCUT2D eigenvalue weighted by Crippen LogP contribution is 2.60. The van der Waals surface area contributed by atoms with E-state index < -0.39 is 87.9 Å². The maximum absolute atomic E-state index is 16.7. The van der Waals surface area contributed by atoms with Crippen molar-refractivity contribution in [3.05, 3.63) is 28.8 Å². The third kappa shape index (κ3) is 7.43. The minimum absolute atomic E-state index is 0.0389. The van der Waals surface area contributed by atoms with Crippen LogP contribution in [0, 0.1) is 24.0 Å². The van der Waals surface area contributed by atoms with Gasteiger partial charge in [0.05, 0.1) is 29.4 Å². The molecule has 0 radical (unpaired) electrons. The van der Waals surface area contributed by atoms with Crippen molar-refractivity contribution >= 4 is 22.4 Å². The van der Waals surface area contributed by atoms with Crippen molar-refractivity contribution in [3.8, 4) is 23.1 Å². The van der Waals surface area contributed by atoms with Crippen molar-refractivity contribution in [1.82, 2.24) is 25.2 Å². The van der Waals surface area contributed by atoms with E-state index in [0.717, 1.165) is 6.92 Å². The van der Waals surface area contributed by atoms with Crippen LogP contribution < -0.4 is 25.8 Å². The van der Waals surface area contributed by atoms with E-state index in [9.17, 15) is 26.3 Å². The van der Waals surface area contributed by atoms with Crippen LogP contribution in [0.15, 0.2) is 6.07 Å². The first-order valence-corrected chi connectivity index (χ1v) is 15.8. The molecule has 2 aliphatic rings. The Morgan fingerprint density at radius 1 is 1.10 bits per heavy atom. The van der Waals surface area contributed by atoms with Gasteiger partial charge in [0, 0.05) is 50.8 Å². The number of nitrogens with one attached hydrogen (secondary N) is 2. The first-order chi connectivity index (χ1) is 22.9. The van der Waals surface area contributed by atoms with Gasteiger partial charge in [0.1, 0.15) is 34.8 Å². The van der Waals surface area contributed by atoms with Crippen molar-refractivity contribution in [1.29, 1.82) is 0 Å². The van der Waals surface area contributed by atoms with E-state index in [1.54, 1.807) is 18.9 Å². The van der Waals surface area contributed by atoms with E-state index in [2.05, 4.69) is 25.6 Å². The number of halogens is 7. The molecule has 0 saturated heterocycles. The van der Waals surface area contributed by atoms with E-state index in [-0.39, 0.29) is 42.3 Å². The van der Waals surface area contributed by atoms with Gasteiger partial charge in [-0.15, -0.1) is 0 Å². The van der Waals surface area contributed by atoms with Gasteiger partial charge in [-0.3, -0.25) is 0 Å². The number of nitrogen functional groups attached to an aromatic ring is 1. The highest BCUT2D eigenvalue weighted by Gasteiger charge is 2.71. The number of nitrogens with zero attached hydrogens (tertiary/aromatic N) is 4. The van der Waals surface area contributed by atoms with Crippen LogP contribution in [0.2, 0.25) is 0 Å². The number of likely N-dealkylation sites (N-methyl/N-ethyl adjacent to an activating group) is 1. The number of aromatic nitrogens is 3. The summed E-state index contributed by atoms with van der Waals surface area (Å²) >= 11 is 0. The Labute approximate surface area is 278 Å². The minimum atomic E-state index is -5.13. The highest BCUT2D eigenvalue weighted by molar-refractivity contribution is 5.96. The maximum Gasteiger partial charge on any atom is 0.417 e. The molecule has 270 valence electrons. The Hall–Kier alpha value is -3.70. The average Bonchev–Trinajstić information content (AvgIpc) is 3.55. The smallest absolute Gasteiger partial charge is 0.417 e. The van der Waals surface area contributed by atoms with Gasteiger partial charge in [-0.2, -0.15) is 23.1 Å². The number of pyridine rings is 1. The van der Waals surface area contributed by atoms with Gasteiger partial charge in [-0.25, -0.2) is 22.5 Å². The van der Waals surface area contributed by atoms with Crippen molar-refractivity contribution in [3.63, 3.8) is 0 Å². The fraction of sp³-hybridized carbons (Fsp3) is 0.594. The average molecular weight is 704 g/mol. The Kier molecular flexibility index (Phi) is 10.1. The maximum atomic E-state index is 16.7. The molecule has 0 spiro atoms. The summed E-state index contributed by atoms with van der Waals surface area (Å²) in [5.74, 6) is -6.04. The molecule has 0 bridgehead atoms. The monoisotopic (exact) mass is 703 g/mol. The minimum Gasteiger partial charge on any atom is -0.474 e. The number of benzene rings is 1. The Balaban J connectivity index is 1.69. The molecule has 0 amide bonds. The molecule has 17 heteroatoms.